The number of methoxy groups -OCH3 is 1. The molecule has 1 heterocycles. The van der Waals surface area contributed by atoms with Gasteiger partial charge in [0.1, 0.15) is 5.75 Å². The molecule has 0 fully saturated rings. The lowest BCUT2D eigenvalue weighted by Crippen LogP contribution is -2.08. The zero-order valence-corrected chi connectivity index (χ0v) is 12.9. The van der Waals surface area contributed by atoms with Crippen molar-refractivity contribution in [3.63, 3.8) is 0 Å². The molecule has 5 nitrogen and oxygen atoms in total. The molecule has 0 bridgehead atoms. The van der Waals surface area contributed by atoms with Crippen LogP contribution in [0.1, 0.15) is 16.1 Å². The molecule has 0 amide bonds. The van der Waals surface area contributed by atoms with Gasteiger partial charge in [-0.15, -0.1) is 0 Å². The second kappa shape index (κ2) is 5.96. The summed E-state index contributed by atoms with van der Waals surface area (Å²) >= 11 is 0. The molecule has 1 aromatic heterocycles. The number of aromatic nitrogens is 2. The maximum absolute atomic E-state index is 11.6. The smallest absolute Gasteiger partial charge is 0.354 e. The first kappa shape index (κ1) is 14.8. The van der Waals surface area contributed by atoms with Crippen molar-refractivity contribution < 1.29 is 14.6 Å². The highest BCUT2D eigenvalue weighted by molar-refractivity contribution is 5.88. The molecule has 3 aromatic rings. The molecule has 0 aliphatic heterocycles. The van der Waals surface area contributed by atoms with Gasteiger partial charge in [-0.1, -0.05) is 18.2 Å². The van der Waals surface area contributed by atoms with Crippen molar-refractivity contribution in [3.8, 4) is 22.7 Å². The molecule has 0 aliphatic rings. The van der Waals surface area contributed by atoms with Crippen LogP contribution in [0.3, 0.4) is 0 Å². The fourth-order valence-electron chi connectivity index (χ4n) is 2.42. The van der Waals surface area contributed by atoms with E-state index in [1.807, 2.05) is 55.5 Å². The van der Waals surface area contributed by atoms with Gasteiger partial charge in [0.25, 0.3) is 0 Å². The van der Waals surface area contributed by atoms with Crippen molar-refractivity contribution in [3.05, 3.63) is 65.9 Å². The predicted molar refractivity (Wildman–Crippen MR) is 87.2 cm³/mol. The van der Waals surface area contributed by atoms with Crippen molar-refractivity contribution in [2.24, 2.45) is 0 Å². The molecule has 0 radical (unpaired) electrons. The lowest BCUT2D eigenvalue weighted by atomic mass is 10.1. The van der Waals surface area contributed by atoms with E-state index in [0.29, 0.717) is 5.69 Å². The Hall–Kier alpha value is -3.08. The van der Waals surface area contributed by atoms with Crippen LogP contribution in [0.2, 0.25) is 0 Å². The first-order valence-corrected chi connectivity index (χ1v) is 7.14. The second-order valence-corrected chi connectivity index (χ2v) is 5.15. The maximum Gasteiger partial charge on any atom is 0.354 e. The Morgan fingerprint density at radius 3 is 2.43 bits per heavy atom. The Balaban J connectivity index is 2.12. The van der Waals surface area contributed by atoms with Gasteiger partial charge in [-0.3, -0.25) is 0 Å². The first-order valence-electron chi connectivity index (χ1n) is 7.14. The summed E-state index contributed by atoms with van der Waals surface area (Å²) in [7, 11) is 1.60. The van der Waals surface area contributed by atoms with Gasteiger partial charge in [-0.05, 0) is 48.9 Å². The number of carboxylic acid groups (broad SMARTS) is 1. The number of ether oxygens (including phenoxy) is 1. The molecule has 3 rings (SSSR count). The highest BCUT2D eigenvalue weighted by atomic mass is 16.5. The Morgan fingerprint density at radius 2 is 1.83 bits per heavy atom. The Morgan fingerprint density at radius 1 is 1.13 bits per heavy atom. The highest BCUT2D eigenvalue weighted by Crippen LogP contribution is 2.25. The van der Waals surface area contributed by atoms with Crippen LogP contribution in [0.4, 0.5) is 0 Å². The van der Waals surface area contributed by atoms with E-state index in [1.54, 1.807) is 13.2 Å². The van der Waals surface area contributed by atoms with Gasteiger partial charge in [0.05, 0.1) is 18.5 Å². The topological polar surface area (TPSA) is 64.3 Å². The third kappa shape index (κ3) is 2.81. The molecule has 0 saturated carbocycles. The van der Waals surface area contributed by atoms with E-state index >= 15 is 0 Å². The highest BCUT2D eigenvalue weighted by Gasteiger charge is 2.17. The number of nitrogens with zero attached hydrogens (tertiary/aromatic N) is 2. The van der Waals surface area contributed by atoms with E-state index in [0.717, 1.165) is 22.6 Å². The zero-order valence-electron chi connectivity index (χ0n) is 12.9. The zero-order chi connectivity index (χ0) is 16.4. The molecule has 2 aromatic carbocycles. The number of carboxylic acids is 1. The van der Waals surface area contributed by atoms with Crippen molar-refractivity contribution in [2.45, 2.75) is 6.92 Å². The van der Waals surface area contributed by atoms with Crippen LogP contribution in [0, 0.1) is 6.92 Å². The monoisotopic (exact) mass is 308 g/mol. The Labute approximate surface area is 133 Å². The van der Waals surface area contributed by atoms with Gasteiger partial charge in [0.2, 0.25) is 0 Å². The number of hydrogen-bond acceptors (Lipinski definition) is 3. The Kier molecular flexibility index (Phi) is 3.85. The van der Waals surface area contributed by atoms with Gasteiger partial charge in [-0.25, -0.2) is 9.48 Å². The fourth-order valence-corrected chi connectivity index (χ4v) is 2.42. The summed E-state index contributed by atoms with van der Waals surface area (Å²) < 4.78 is 6.61. The Bertz CT molecular complexity index is 851. The predicted octanol–water partition coefficient (Wildman–Crippen LogP) is 3.55. The minimum absolute atomic E-state index is 0.130. The minimum atomic E-state index is -1.01. The molecule has 0 atom stereocenters. The molecule has 0 aliphatic carbocycles. The van der Waals surface area contributed by atoms with E-state index in [1.165, 1.54) is 4.68 Å². The molecule has 0 saturated heterocycles. The van der Waals surface area contributed by atoms with Gasteiger partial charge in [0.15, 0.2) is 5.69 Å². The molecule has 0 unspecified atom stereocenters. The summed E-state index contributed by atoms with van der Waals surface area (Å²) in [6.45, 7) is 1.93. The molecular weight excluding hydrogens is 292 g/mol. The fraction of sp³-hybridized carbons (Fsp3) is 0.111. The van der Waals surface area contributed by atoms with Gasteiger partial charge in [0, 0.05) is 5.56 Å². The SMILES string of the molecule is COc1ccc(-c2cc(C(=O)O)n(-c3ccccc3C)n2)cc1. The van der Waals surface area contributed by atoms with E-state index in [-0.39, 0.29) is 5.69 Å². The second-order valence-electron chi connectivity index (χ2n) is 5.15. The quantitative estimate of drug-likeness (QED) is 0.800. The number of aryl methyl sites for hydroxylation is 1. The van der Waals surface area contributed by atoms with Crippen LogP contribution in [0.5, 0.6) is 5.75 Å². The molecular formula is C18H16N2O3. The molecule has 0 spiro atoms. The number of hydrogen-bond donors (Lipinski definition) is 1. The van der Waals surface area contributed by atoms with Crippen LogP contribution in [0.25, 0.3) is 16.9 Å². The largest absolute Gasteiger partial charge is 0.497 e. The summed E-state index contributed by atoms with van der Waals surface area (Å²) in [6, 6.07) is 16.5. The van der Waals surface area contributed by atoms with E-state index in [9.17, 15) is 9.90 Å². The number of rotatable bonds is 4. The molecule has 1 N–H and O–H groups in total. The van der Waals surface area contributed by atoms with Crippen molar-refractivity contribution in [1.29, 1.82) is 0 Å². The van der Waals surface area contributed by atoms with Crippen LogP contribution in [-0.4, -0.2) is 28.0 Å². The molecule has 23 heavy (non-hydrogen) atoms. The van der Waals surface area contributed by atoms with Crippen LogP contribution < -0.4 is 4.74 Å². The third-order valence-corrected chi connectivity index (χ3v) is 3.66. The molecule has 116 valence electrons. The lowest BCUT2D eigenvalue weighted by Gasteiger charge is -2.07. The number of benzene rings is 2. The standard InChI is InChI=1S/C18H16N2O3/c1-12-5-3-4-6-16(12)20-17(18(21)22)11-15(19-20)13-7-9-14(23-2)10-8-13/h3-11H,1-2H3,(H,21,22). The summed E-state index contributed by atoms with van der Waals surface area (Å²) in [6.07, 6.45) is 0. The third-order valence-electron chi connectivity index (χ3n) is 3.66. The lowest BCUT2D eigenvalue weighted by molar-refractivity contribution is 0.0687. The van der Waals surface area contributed by atoms with E-state index in [4.69, 9.17) is 4.74 Å². The van der Waals surface area contributed by atoms with Crippen LogP contribution in [-0.2, 0) is 0 Å². The number of carbonyl (C=O) groups is 1. The first-order chi connectivity index (χ1) is 11.1. The van der Waals surface area contributed by atoms with Crippen LogP contribution >= 0.6 is 0 Å². The normalized spacial score (nSPS) is 10.5. The summed E-state index contributed by atoms with van der Waals surface area (Å²) in [5, 5.41) is 14.0. The van der Waals surface area contributed by atoms with Crippen LogP contribution in [0.15, 0.2) is 54.6 Å². The van der Waals surface area contributed by atoms with Gasteiger partial charge < -0.3 is 9.84 Å². The van der Waals surface area contributed by atoms with Crippen molar-refractivity contribution >= 4 is 5.97 Å². The summed E-state index contributed by atoms with van der Waals surface area (Å²) in [5.74, 6) is -0.272. The van der Waals surface area contributed by atoms with Crippen molar-refractivity contribution in [1.82, 2.24) is 9.78 Å². The average molecular weight is 308 g/mol. The molecule has 5 heteroatoms. The van der Waals surface area contributed by atoms with Gasteiger partial charge in [-0.2, -0.15) is 5.10 Å². The maximum atomic E-state index is 11.6. The number of aromatic carboxylic acids is 1. The average Bonchev–Trinajstić information content (AvgIpc) is 3.01. The van der Waals surface area contributed by atoms with E-state index < -0.39 is 5.97 Å². The number of para-hydroxylation sites is 1. The van der Waals surface area contributed by atoms with Gasteiger partial charge >= 0.3 is 5.97 Å². The van der Waals surface area contributed by atoms with Crippen molar-refractivity contribution in [2.75, 3.05) is 7.11 Å². The minimum Gasteiger partial charge on any atom is -0.497 e. The van der Waals surface area contributed by atoms with E-state index in [2.05, 4.69) is 5.10 Å². The summed E-state index contributed by atoms with van der Waals surface area (Å²) in [4.78, 5) is 11.6. The summed E-state index contributed by atoms with van der Waals surface area (Å²) in [5.41, 5.74) is 3.28.